The maximum atomic E-state index is 11.3. The molecule has 0 aromatic heterocycles. The summed E-state index contributed by atoms with van der Waals surface area (Å²) in [5.74, 6) is 0.298. The van der Waals surface area contributed by atoms with E-state index in [-0.39, 0.29) is 5.97 Å². The lowest BCUT2D eigenvalue weighted by molar-refractivity contribution is 0.0600. The van der Waals surface area contributed by atoms with Crippen LogP contribution in [0.15, 0.2) is 48.5 Å². The van der Waals surface area contributed by atoms with E-state index in [0.717, 1.165) is 11.1 Å². The number of methoxy groups -OCH3 is 1. The third-order valence-electron chi connectivity index (χ3n) is 3.14. The van der Waals surface area contributed by atoms with Crippen molar-refractivity contribution < 1.29 is 19.4 Å². The zero-order valence-electron chi connectivity index (χ0n) is 12.1. The number of carbonyl (C=O) groups excluding carboxylic acids is 1. The molecule has 0 radical (unpaired) electrons. The average Bonchev–Trinajstić information content (AvgIpc) is 2.52. The lowest BCUT2D eigenvalue weighted by Crippen LogP contribution is -2.03. The minimum absolute atomic E-state index is 0.359. The topological polar surface area (TPSA) is 55.8 Å². The summed E-state index contributed by atoms with van der Waals surface area (Å²) in [6.45, 7) is 2.07. The molecule has 4 heteroatoms. The summed E-state index contributed by atoms with van der Waals surface area (Å²) in [6, 6.07) is 14.4. The molecule has 1 N–H and O–H groups in total. The molecule has 2 aromatic rings. The lowest BCUT2D eigenvalue weighted by Gasteiger charge is -2.13. The second-order valence-electron chi connectivity index (χ2n) is 4.69. The Morgan fingerprint density at radius 2 is 1.81 bits per heavy atom. The highest BCUT2D eigenvalue weighted by atomic mass is 16.5. The maximum Gasteiger partial charge on any atom is 0.337 e. The molecule has 0 fully saturated rings. The highest BCUT2D eigenvalue weighted by Crippen LogP contribution is 2.25. The van der Waals surface area contributed by atoms with Gasteiger partial charge in [-0.05, 0) is 30.7 Å². The quantitative estimate of drug-likeness (QED) is 0.858. The van der Waals surface area contributed by atoms with E-state index in [1.165, 1.54) is 7.11 Å². The van der Waals surface area contributed by atoms with E-state index in [4.69, 9.17) is 4.74 Å². The van der Waals surface area contributed by atoms with Crippen molar-refractivity contribution in [2.24, 2.45) is 0 Å². The van der Waals surface area contributed by atoms with Gasteiger partial charge in [0.25, 0.3) is 0 Å². The Hall–Kier alpha value is -2.33. The summed E-state index contributed by atoms with van der Waals surface area (Å²) in [7, 11) is 1.35. The van der Waals surface area contributed by atoms with Crippen LogP contribution in [0.5, 0.6) is 5.75 Å². The van der Waals surface area contributed by atoms with Crippen LogP contribution in [0.1, 0.15) is 34.5 Å². The predicted octanol–water partition coefficient (Wildman–Crippen LogP) is 3.11. The Labute approximate surface area is 123 Å². The molecule has 1 atom stereocenters. The fraction of sp³-hybridized carbons (Fsp3) is 0.235. The minimum Gasteiger partial charge on any atom is -0.489 e. The summed E-state index contributed by atoms with van der Waals surface area (Å²) in [5.41, 5.74) is 2.19. The van der Waals surface area contributed by atoms with Gasteiger partial charge in [-0.2, -0.15) is 0 Å². The van der Waals surface area contributed by atoms with Crippen LogP contribution in [0.2, 0.25) is 0 Å². The molecule has 0 aliphatic rings. The van der Waals surface area contributed by atoms with Crippen molar-refractivity contribution in [1.82, 2.24) is 0 Å². The third-order valence-corrected chi connectivity index (χ3v) is 3.14. The molecule has 2 aromatic carbocycles. The van der Waals surface area contributed by atoms with Crippen LogP contribution < -0.4 is 4.74 Å². The number of para-hydroxylation sites is 1. The number of aliphatic hydroxyl groups excluding tert-OH is 1. The molecule has 0 unspecified atom stereocenters. The number of esters is 1. The predicted molar refractivity (Wildman–Crippen MR) is 79.2 cm³/mol. The van der Waals surface area contributed by atoms with E-state index in [9.17, 15) is 9.90 Å². The van der Waals surface area contributed by atoms with Crippen molar-refractivity contribution in [1.29, 1.82) is 0 Å². The molecule has 21 heavy (non-hydrogen) atoms. The molecule has 4 nitrogen and oxygen atoms in total. The maximum absolute atomic E-state index is 11.3. The highest BCUT2D eigenvalue weighted by Gasteiger charge is 2.09. The first-order chi connectivity index (χ1) is 10.1. The standard InChI is InChI=1S/C17H18O4/c1-12(18)15-5-3-4-6-16(15)21-11-13-7-9-14(10-8-13)17(19)20-2/h3-10,12,18H,11H2,1-2H3/t12-/m0/s1. The number of aliphatic hydroxyl groups is 1. The zero-order chi connectivity index (χ0) is 15.2. The number of rotatable bonds is 5. The van der Waals surface area contributed by atoms with Gasteiger partial charge in [0.15, 0.2) is 0 Å². The fourth-order valence-electron chi connectivity index (χ4n) is 1.97. The largest absolute Gasteiger partial charge is 0.489 e. The van der Waals surface area contributed by atoms with Crippen LogP contribution in [-0.2, 0) is 11.3 Å². The Morgan fingerprint density at radius 1 is 1.14 bits per heavy atom. The molecule has 0 amide bonds. The van der Waals surface area contributed by atoms with Crippen molar-refractivity contribution in [3.63, 3.8) is 0 Å². The van der Waals surface area contributed by atoms with E-state index in [1.807, 2.05) is 36.4 Å². The van der Waals surface area contributed by atoms with Crippen LogP contribution in [0.25, 0.3) is 0 Å². The van der Waals surface area contributed by atoms with Crippen molar-refractivity contribution in [2.75, 3.05) is 7.11 Å². The first kappa shape index (κ1) is 15.1. The Kier molecular flexibility index (Phi) is 4.95. The van der Waals surface area contributed by atoms with Crippen LogP contribution in [0.3, 0.4) is 0 Å². The van der Waals surface area contributed by atoms with Crippen LogP contribution >= 0.6 is 0 Å². The van der Waals surface area contributed by atoms with Gasteiger partial charge >= 0.3 is 5.97 Å². The molecule has 0 spiro atoms. The van der Waals surface area contributed by atoms with Gasteiger partial charge in [-0.3, -0.25) is 0 Å². The highest BCUT2D eigenvalue weighted by molar-refractivity contribution is 5.89. The van der Waals surface area contributed by atoms with Crippen LogP contribution in [0, 0.1) is 0 Å². The molecular formula is C17H18O4. The monoisotopic (exact) mass is 286 g/mol. The van der Waals surface area contributed by atoms with Crippen molar-refractivity contribution in [3.05, 3.63) is 65.2 Å². The van der Waals surface area contributed by atoms with Gasteiger partial charge in [-0.1, -0.05) is 30.3 Å². The van der Waals surface area contributed by atoms with Gasteiger partial charge in [0, 0.05) is 5.56 Å². The molecule has 0 bridgehead atoms. The fourth-order valence-corrected chi connectivity index (χ4v) is 1.97. The molecule has 0 saturated carbocycles. The van der Waals surface area contributed by atoms with Crippen molar-refractivity contribution >= 4 is 5.97 Å². The second kappa shape index (κ2) is 6.90. The molecular weight excluding hydrogens is 268 g/mol. The number of benzene rings is 2. The Morgan fingerprint density at radius 3 is 2.43 bits per heavy atom. The smallest absolute Gasteiger partial charge is 0.337 e. The van der Waals surface area contributed by atoms with E-state index < -0.39 is 6.10 Å². The minimum atomic E-state index is -0.581. The average molecular weight is 286 g/mol. The van der Waals surface area contributed by atoms with Gasteiger partial charge in [0.1, 0.15) is 12.4 Å². The molecule has 0 aliphatic carbocycles. The summed E-state index contributed by atoms with van der Waals surface area (Å²) >= 11 is 0. The first-order valence-corrected chi connectivity index (χ1v) is 6.69. The SMILES string of the molecule is COC(=O)c1ccc(COc2ccccc2[C@H](C)O)cc1. The van der Waals surface area contributed by atoms with Crippen LogP contribution in [0.4, 0.5) is 0 Å². The molecule has 2 rings (SSSR count). The number of hydrogen-bond acceptors (Lipinski definition) is 4. The molecule has 0 aliphatic heterocycles. The van der Waals surface area contributed by atoms with Gasteiger partial charge in [0.05, 0.1) is 18.8 Å². The van der Waals surface area contributed by atoms with Crippen molar-refractivity contribution in [3.8, 4) is 5.75 Å². The summed E-state index contributed by atoms with van der Waals surface area (Å²) in [6.07, 6.45) is -0.581. The van der Waals surface area contributed by atoms with Crippen molar-refractivity contribution in [2.45, 2.75) is 19.6 Å². The normalized spacial score (nSPS) is 11.8. The molecule has 0 heterocycles. The van der Waals surface area contributed by atoms with Gasteiger partial charge in [-0.15, -0.1) is 0 Å². The van der Waals surface area contributed by atoms with Gasteiger partial charge < -0.3 is 14.6 Å². The van der Waals surface area contributed by atoms with E-state index in [2.05, 4.69) is 4.74 Å². The van der Waals surface area contributed by atoms with E-state index in [0.29, 0.717) is 17.9 Å². The van der Waals surface area contributed by atoms with Gasteiger partial charge in [0.2, 0.25) is 0 Å². The molecule has 0 saturated heterocycles. The van der Waals surface area contributed by atoms with Gasteiger partial charge in [-0.25, -0.2) is 4.79 Å². The number of hydrogen-bond donors (Lipinski definition) is 1. The molecule has 110 valence electrons. The third kappa shape index (κ3) is 3.83. The number of ether oxygens (including phenoxy) is 2. The Bertz CT molecular complexity index is 602. The summed E-state index contributed by atoms with van der Waals surface area (Å²) in [5, 5.41) is 9.69. The van der Waals surface area contributed by atoms with E-state index in [1.54, 1.807) is 19.1 Å². The lowest BCUT2D eigenvalue weighted by atomic mass is 10.1. The van der Waals surface area contributed by atoms with Crippen LogP contribution in [-0.4, -0.2) is 18.2 Å². The second-order valence-corrected chi connectivity index (χ2v) is 4.69. The summed E-state index contributed by atoms with van der Waals surface area (Å²) < 4.78 is 10.4. The zero-order valence-corrected chi connectivity index (χ0v) is 12.1. The first-order valence-electron chi connectivity index (χ1n) is 6.69. The Balaban J connectivity index is 2.05. The van der Waals surface area contributed by atoms with E-state index >= 15 is 0 Å². The summed E-state index contributed by atoms with van der Waals surface area (Å²) in [4.78, 5) is 11.3. The number of carbonyl (C=O) groups is 1.